The average Bonchev–Trinajstić information content (AvgIpc) is 2.35. The van der Waals surface area contributed by atoms with E-state index in [1.807, 2.05) is 0 Å². The fourth-order valence-electron chi connectivity index (χ4n) is 1.46. The van der Waals surface area contributed by atoms with Crippen LogP contribution in [0.2, 0.25) is 0 Å². The first kappa shape index (κ1) is 12.0. The normalized spacial score (nSPS) is 10.1. The van der Waals surface area contributed by atoms with Crippen LogP contribution in [0.4, 0.5) is 20.2 Å². The first-order valence-electron chi connectivity index (χ1n) is 5.18. The van der Waals surface area contributed by atoms with Crippen LogP contribution >= 0.6 is 0 Å². The van der Waals surface area contributed by atoms with Crippen LogP contribution in [-0.4, -0.2) is 5.91 Å². The number of hydrogen-bond donors (Lipinski definition) is 2. The minimum atomic E-state index is -0.548. The molecule has 1 amide bonds. The standard InChI is InChI=1S/C13H10F2N2O/c14-8-1-4-10(5-2-8)17-13(18)11-7-9(15)3-6-12(11)16/h1-7H,16H2,(H,17,18). The fraction of sp³-hybridized carbons (Fsp3) is 0. The van der Waals surface area contributed by atoms with Crippen molar-refractivity contribution < 1.29 is 13.6 Å². The van der Waals surface area contributed by atoms with Crippen molar-refractivity contribution in [3.63, 3.8) is 0 Å². The number of carbonyl (C=O) groups is 1. The molecule has 2 rings (SSSR count). The van der Waals surface area contributed by atoms with Crippen molar-refractivity contribution in [3.8, 4) is 0 Å². The van der Waals surface area contributed by atoms with Gasteiger partial charge < -0.3 is 11.1 Å². The fourth-order valence-corrected chi connectivity index (χ4v) is 1.46. The van der Waals surface area contributed by atoms with Gasteiger partial charge in [-0.25, -0.2) is 8.78 Å². The first-order chi connectivity index (χ1) is 8.56. The largest absolute Gasteiger partial charge is 0.398 e. The van der Waals surface area contributed by atoms with E-state index in [2.05, 4.69) is 5.32 Å². The number of nitrogen functional groups attached to an aromatic ring is 1. The quantitative estimate of drug-likeness (QED) is 0.803. The smallest absolute Gasteiger partial charge is 0.257 e. The van der Waals surface area contributed by atoms with Crippen molar-refractivity contribution >= 4 is 17.3 Å². The monoisotopic (exact) mass is 248 g/mol. The average molecular weight is 248 g/mol. The summed E-state index contributed by atoms with van der Waals surface area (Å²) in [4.78, 5) is 11.8. The maximum absolute atomic E-state index is 13.0. The lowest BCUT2D eigenvalue weighted by Gasteiger charge is -2.07. The Morgan fingerprint density at radius 3 is 2.28 bits per heavy atom. The number of nitrogens with two attached hydrogens (primary N) is 1. The van der Waals surface area contributed by atoms with Gasteiger partial charge in [-0.2, -0.15) is 0 Å². The summed E-state index contributed by atoms with van der Waals surface area (Å²) in [6.45, 7) is 0. The number of amides is 1. The van der Waals surface area contributed by atoms with Crippen LogP contribution in [0.15, 0.2) is 42.5 Å². The minimum absolute atomic E-state index is 0.0410. The van der Waals surface area contributed by atoms with Crippen molar-refractivity contribution in [1.82, 2.24) is 0 Å². The molecule has 0 unspecified atom stereocenters. The number of hydrogen-bond acceptors (Lipinski definition) is 2. The molecule has 2 aromatic rings. The molecular formula is C13H10F2N2O. The van der Waals surface area contributed by atoms with Crippen LogP contribution in [0.3, 0.4) is 0 Å². The molecule has 0 heterocycles. The van der Waals surface area contributed by atoms with Crippen LogP contribution < -0.4 is 11.1 Å². The van der Waals surface area contributed by atoms with Crippen LogP contribution in [0.5, 0.6) is 0 Å². The van der Waals surface area contributed by atoms with Crippen molar-refractivity contribution in [3.05, 3.63) is 59.7 Å². The molecule has 2 aromatic carbocycles. The Bertz CT molecular complexity index is 582. The Balaban J connectivity index is 2.21. The number of benzene rings is 2. The Morgan fingerprint density at radius 1 is 1.00 bits per heavy atom. The molecular weight excluding hydrogens is 238 g/mol. The van der Waals surface area contributed by atoms with Gasteiger partial charge in [0.1, 0.15) is 11.6 Å². The summed E-state index contributed by atoms with van der Waals surface area (Å²) in [5.74, 6) is -1.50. The molecule has 3 nitrogen and oxygen atoms in total. The summed E-state index contributed by atoms with van der Waals surface area (Å²) in [6, 6.07) is 8.77. The summed E-state index contributed by atoms with van der Waals surface area (Å²) in [5, 5.41) is 2.50. The SMILES string of the molecule is Nc1ccc(F)cc1C(=O)Nc1ccc(F)cc1. The van der Waals surface area contributed by atoms with Gasteiger partial charge in [0, 0.05) is 11.4 Å². The Hall–Kier alpha value is -2.43. The Morgan fingerprint density at radius 2 is 1.61 bits per heavy atom. The predicted molar refractivity (Wildman–Crippen MR) is 65.2 cm³/mol. The molecule has 92 valence electrons. The van der Waals surface area contributed by atoms with Gasteiger partial charge in [0.05, 0.1) is 5.56 Å². The number of halogens is 2. The van der Waals surface area contributed by atoms with Crippen LogP contribution in [0, 0.1) is 11.6 Å². The molecule has 0 aliphatic heterocycles. The third-order valence-corrected chi connectivity index (χ3v) is 2.36. The van der Waals surface area contributed by atoms with Gasteiger partial charge in [0.2, 0.25) is 0 Å². The number of carbonyl (C=O) groups excluding carboxylic acids is 1. The molecule has 0 bridgehead atoms. The van der Waals surface area contributed by atoms with Crippen LogP contribution in [0.1, 0.15) is 10.4 Å². The second-order valence-corrected chi connectivity index (χ2v) is 3.69. The highest BCUT2D eigenvalue weighted by Gasteiger charge is 2.11. The molecule has 0 aliphatic carbocycles. The Kier molecular flexibility index (Phi) is 3.23. The molecule has 0 saturated carbocycles. The zero-order valence-corrected chi connectivity index (χ0v) is 9.28. The summed E-state index contributed by atoms with van der Waals surface area (Å²) >= 11 is 0. The number of anilines is 2. The van der Waals surface area contributed by atoms with E-state index in [4.69, 9.17) is 5.73 Å². The van der Waals surface area contributed by atoms with E-state index in [0.717, 1.165) is 6.07 Å². The van der Waals surface area contributed by atoms with E-state index < -0.39 is 17.5 Å². The molecule has 0 aromatic heterocycles. The predicted octanol–water partition coefficient (Wildman–Crippen LogP) is 2.80. The molecule has 5 heteroatoms. The highest BCUT2D eigenvalue weighted by atomic mass is 19.1. The van der Waals surface area contributed by atoms with Crippen LogP contribution in [-0.2, 0) is 0 Å². The highest BCUT2D eigenvalue weighted by Crippen LogP contribution is 2.16. The van der Waals surface area contributed by atoms with Crippen molar-refractivity contribution in [2.75, 3.05) is 11.1 Å². The van der Waals surface area contributed by atoms with Gasteiger partial charge in [0.15, 0.2) is 0 Å². The summed E-state index contributed by atoms with van der Waals surface area (Å²) < 4.78 is 25.7. The third-order valence-electron chi connectivity index (χ3n) is 2.36. The van der Waals surface area contributed by atoms with Gasteiger partial charge in [-0.15, -0.1) is 0 Å². The zero-order valence-electron chi connectivity index (χ0n) is 9.28. The van der Waals surface area contributed by atoms with Crippen molar-refractivity contribution in [2.24, 2.45) is 0 Å². The third kappa shape index (κ3) is 2.63. The molecule has 3 N–H and O–H groups in total. The molecule has 0 saturated heterocycles. The van der Waals surface area contributed by atoms with Crippen molar-refractivity contribution in [2.45, 2.75) is 0 Å². The lowest BCUT2D eigenvalue weighted by molar-refractivity contribution is 0.102. The summed E-state index contributed by atoms with van der Waals surface area (Å²) in [6.07, 6.45) is 0. The van der Waals surface area contributed by atoms with E-state index in [9.17, 15) is 13.6 Å². The Labute approximate surface area is 102 Å². The van der Waals surface area contributed by atoms with Gasteiger partial charge in [-0.1, -0.05) is 0 Å². The number of rotatable bonds is 2. The first-order valence-corrected chi connectivity index (χ1v) is 5.18. The van der Waals surface area contributed by atoms with E-state index >= 15 is 0 Å². The molecule has 0 aliphatic rings. The molecule has 0 atom stereocenters. The van der Waals surface area contributed by atoms with Crippen molar-refractivity contribution in [1.29, 1.82) is 0 Å². The minimum Gasteiger partial charge on any atom is -0.398 e. The zero-order chi connectivity index (χ0) is 13.1. The second kappa shape index (κ2) is 4.83. The summed E-state index contributed by atoms with van der Waals surface area (Å²) in [7, 11) is 0. The van der Waals surface area contributed by atoms with Gasteiger partial charge >= 0.3 is 0 Å². The maximum Gasteiger partial charge on any atom is 0.257 e. The van der Waals surface area contributed by atoms with Gasteiger partial charge in [0.25, 0.3) is 5.91 Å². The van der Waals surface area contributed by atoms with E-state index in [-0.39, 0.29) is 11.3 Å². The van der Waals surface area contributed by atoms with E-state index in [1.165, 1.54) is 36.4 Å². The van der Waals surface area contributed by atoms with E-state index in [1.54, 1.807) is 0 Å². The highest BCUT2D eigenvalue weighted by molar-refractivity contribution is 6.07. The molecule has 18 heavy (non-hydrogen) atoms. The lowest BCUT2D eigenvalue weighted by atomic mass is 10.1. The number of nitrogens with one attached hydrogen (secondary N) is 1. The molecule has 0 radical (unpaired) electrons. The topological polar surface area (TPSA) is 55.1 Å². The maximum atomic E-state index is 13.0. The molecule has 0 fully saturated rings. The lowest BCUT2D eigenvalue weighted by Crippen LogP contribution is -2.14. The van der Waals surface area contributed by atoms with E-state index in [0.29, 0.717) is 5.69 Å². The van der Waals surface area contributed by atoms with Gasteiger partial charge in [-0.3, -0.25) is 4.79 Å². The van der Waals surface area contributed by atoms with Gasteiger partial charge in [-0.05, 0) is 42.5 Å². The van der Waals surface area contributed by atoms with Crippen LogP contribution in [0.25, 0.3) is 0 Å². The molecule has 0 spiro atoms. The second-order valence-electron chi connectivity index (χ2n) is 3.69. The summed E-state index contributed by atoms with van der Waals surface area (Å²) in [5.41, 5.74) is 6.21.